The van der Waals surface area contributed by atoms with Crippen LogP contribution >= 0.6 is 22.7 Å². The summed E-state index contributed by atoms with van der Waals surface area (Å²) in [4.78, 5) is 33.7. The van der Waals surface area contributed by atoms with E-state index in [0.29, 0.717) is 21.0 Å². The van der Waals surface area contributed by atoms with Crippen molar-refractivity contribution >= 4 is 43.9 Å². The lowest BCUT2D eigenvalue weighted by Gasteiger charge is -2.05. The first-order valence-electron chi connectivity index (χ1n) is 7.54. The number of benzene rings is 1. The molecule has 6 nitrogen and oxygen atoms in total. The smallest absolute Gasteiger partial charge is 0.262 e. The Balaban J connectivity index is 1.49. The first-order chi connectivity index (χ1) is 12.6. The van der Waals surface area contributed by atoms with Gasteiger partial charge in [-0.25, -0.2) is 14.4 Å². The summed E-state index contributed by atoms with van der Waals surface area (Å²) in [5.74, 6) is -0.692. The van der Waals surface area contributed by atoms with Gasteiger partial charge >= 0.3 is 0 Å². The van der Waals surface area contributed by atoms with Crippen LogP contribution in [0.3, 0.4) is 0 Å². The van der Waals surface area contributed by atoms with Gasteiger partial charge in [0.25, 0.3) is 5.56 Å². The number of aromatic nitrogens is 3. The lowest BCUT2D eigenvalue weighted by Crippen LogP contribution is -2.27. The predicted octanol–water partition coefficient (Wildman–Crippen LogP) is 3.36. The number of fused-ring (bicyclic) bond motifs is 1. The highest BCUT2D eigenvalue weighted by Crippen LogP contribution is 2.25. The number of nitrogens with one attached hydrogen (secondary N) is 1. The van der Waals surface area contributed by atoms with Crippen molar-refractivity contribution in [2.45, 2.75) is 6.54 Å². The Morgan fingerprint density at radius 2 is 2.00 bits per heavy atom. The van der Waals surface area contributed by atoms with Crippen LogP contribution in [0.5, 0.6) is 0 Å². The van der Waals surface area contributed by atoms with Crippen molar-refractivity contribution in [3.63, 3.8) is 0 Å². The molecular formula is C17H11FN4O2S2. The number of thiophene rings is 1. The highest BCUT2D eigenvalue weighted by molar-refractivity contribution is 7.16. The van der Waals surface area contributed by atoms with Crippen molar-refractivity contribution < 1.29 is 9.18 Å². The minimum Gasteiger partial charge on any atom is -0.300 e. The van der Waals surface area contributed by atoms with Crippen LogP contribution in [0.15, 0.2) is 52.2 Å². The number of amides is 1. The van der Waals surface area contributed by atoms with Gasteiger partial charge in [0.1, 0.15) is 17.2 Å². The molecule has 1 aromatic carbocycles. The Labute approximate surface area is 154 Å². The standard InChI is InChI=1S/C17H11FN4O2S2/c18-11-3-1-10(2-4-11)13-8-26-17(20-13)21-14(23)7-22-9-19-15-12(16(22)24)5-6-25-15/h1-6,8-9H,7H2,(H,20,21,23). The Morgan fingerprint density at radius 3 is 2.81 bits per heavy atom. The lowest BCUT2D eigenvalue weighted by molar-refractivity contribution is -0.116. The average molecular weight is 386 g/mol. The molecule has 0 atom stereocenters. The van der Waals surface area contributed by atoms with E-state index >= 15 is 0 Å². The molecule has 0 saturated heterocycles. The molecular weight excluding hydrogens is 375 g/mol. The van der Waals surface area contributed by atoms with Crippen molar-refractivity contribution in [3.05, 3.63) is 63.6 Å². The number of hydrogen-bond donors (Lipinski definition) is 1. The summed E-state index contributed by atoms with van der Waals surface area (Å²) in [5.41, 5.74) is 1.15. The molecule has 3 heterocycles. The molecule has 0 unspecified atom stereocenters. The Bertz CT molecular complexity index is 1150. The number of rotatable bonds is 4. The van der Waals surface area contributed by atoms with Crippen molar-refractivity contribution in [3.8, 4) is 11.3 Å². The Kier molecular flexibility index (Phi) is 4.31. The number of carbonyl (C=O) groups is 1. The van der Waals surface area contributed by atoms with Crippen LogP contribution < -0.4 is 10.9 Å². The Hall–Kier alpha value is -2.91. The number of carbonyl (C=O) groups excluding carboxylic acids is 1. The van der Waals surface area contributed by atoms with E-state index in [2.05, 4.69) is 15.3 Å². The van der Waals surface area contributed by atoms with Crippen LogP contribution in [-0.2, 0) is 11.3 Å². The molecule has 4 aromatic rings. The van der Waals surface area contributed by atoms with Gasteiger partial charge in [0.2, 0.25) is 5.91 Å². The number of hydrogen-bond acceptors (Lipinski definition) is 6. The van der Waals surface area contributed by atoms with Gasteiger partial charge in [0.05, 0.1) is 17.4 Å². The van der Waals surface area contributed by atoms with E-state index in [9.17, 15) is 14.0 Å². The number of thiazole rings is 1. The van der Waals surface area contributed by atoms with E-state index in [1.165, 1.54) is 45.7 Å². The van der Waals surface area contributed by atoms with Gasteiger partial charge in [-0.05, 0) is 35.7 Å². The number of anilines is 1. The number of nitrogens with zero attached hydrogens (tertiary/aromatic N) is 3. The predicted molar refractivity (Wildman–Crippen MR) is 100 cm³/mol. The van der Waals surface area contributed by atoms with Crippen LogP contribution in [0, 0.1) is 5.82 Å². The van der Waals surface area contributed by atoms with E-state index in [-0.39, 0.29) is 23.8 Å². The second kappa shape index (κ2) is 6.77. The first kappa shape index (κ1) is 16.6. The van der Waals surface area contributed by atoms with Gasteiger partial charge in [0.15, 0.2) is 5.13 Å². The van der Waals surface area contributed by atoms with Gasteiger partial charge in [-0.15, -0.1) is 22.7 Å². The van der Waals surface area contributed by atoms with Gasteiger partial charge in [-0.2, -0.15) is 0 Å². The zero-order chi connectivity index (χ0) is 18.1. The maximum atomic E-state index is 13.0. The van der Waals surface area contributed by atoms with E-state index in [1.807, 2.05) is 0 Å². The van der Waals surface area contributed by atoms with E-state index < -0.39 is 0 Å². The van der Waals surface area contributed by atoms with Gasteiger partial charge in [-0.1, -0.05) is 0 Å². The molecule has 3 aromatic heterocycles. The minimum atomic E-state index is -0.372. The van der Waals surface area contributed by atoms with Gasteiger partial charge in [0, 0.05) is 10.9 Å². The summed E-state index contributed by atoms with van der Waals surface area (Å²) in [7, 11) is 0. The first-order valence-corrected chi connectivity index (χ1v) is 9.30. The summed E-state index contributed by atoms with van der Waals surface area (Å²) < 4.78 is 14.3. The molecule has 0 fully saturated rings. The molecule has 0 saturated carbocycles. The fourth-order valence-electron chi connectivity index (χ4n) is 2.40. The molecule has 0 spiro atoms. The fraction of sp³-hybridized carbons (Fsp3) is 0.0588. The van der Waals surface area contributed by atoms with E-state index in [4.69, 9.17) is 0 Å². The van der Waals surface area contributed by atoms with Gasteiger partial charge < -0.3 is 5.32 Å². The highest BCUT2D eigenvalue weighted by atomic mass is 32.1. The largest absolute Gasteiger partial charge is 0.300 e. The minimum absolute atomic E-state index is 0.150. The second-order valence-electron chi connectivity index (χ2n) is 5.41. The van der Waals surface area contributed by atoms with Crippen molar-refractivity contribution in [2.75, 3.05) is 5.32 Å². The molecule has 0 radical (unpaired) electrons. The molecule has 130 valence electrons. The van der Waals surface area contributed by atoms with Crippen molar-refractivity contribution in [2.24, 2.45) is 0 Å². The molecule has 1 amide bonds. The van der Waals surface area contributed by atoms with E-state index in [1.54, 1.807) is 29.0 Å². The fourth-order valence-corrected chi connectivity index (χ4v) is 3.86. The monoisotopic (exact) mass is 386 g/mol. The van der Waals surface area contributed by atoms with E-state index in [0.717, 1.165) is 5.56 Å². The zero-order valence-corrected chi connectivity index (χ0v) is 14.8. The molecule has 0 aliphatic heterocycles. The number of halogens is 1. The normalized spacial score (nSPS) is 11.0. The second-order valence-corrected chi connectivity index (χ2v) is 7.16. The van der Waals surface area contributed by atoms with Crippen LogP contribution in [0.25, 0.3) is 21.5 Å². The molecule has 26 heavy (non-hydrogen) atoms. The summed E-state index contributed by atoms with van der Waals surface area (Å²) >= 11 is 2.63. The summed E-state index contributed by atoms with van der Waals surface area (Å²) in [5, 5.41) is 7.14. The molecule has 9 heteroatoms. The van der Waals surface area contributed by atoms with Crippen molar-refractivity contribution in [1.82, 2.24) is 14.5 Å². The van der Waals surface area contributed by atoms with Crippen LogP contribution in [0.4, 0.5) is 9.52 Å². The Morgan fingerprint density at radius 1 is 1.19 bits per heavy atom. The zero-order valence-electron chi connectivity index (χ0n) is 13.2. The highest BCUT2D eigenvalue weighted by Gasteiger charge is 2.11. The van der Waals surface area contributed by atoms with Crippen molar-refractivity contribution in [1.29, 1.82) is 0 Å². The van der Waals surface area contributed by atoms with Gasteiger partial charge in [-0.3, -0.25) is 14.2 Å². The molecule has 0 aliphatic carbocycles. The van der Waals surface area contributed by atoms with Crippen LogP contribution in [0.1, 0.15) is 0 Å². The van der Waals surface area contributed by atoms with Crippen LogP contribution in [0.2, 0.25) is 0 Å². The third-order valence-electron chi connectivity index (χ3n) is 3.65. The summed E-state index contributed by atoms with van der Waals surface area (Å²) in [6.45, 7) is -0.150. The molecule has 0 bridgehead atoms. The molecule has 4 rings (SSSR count). The van der Waals surface area contributed by atoms with Crippen LogP contribution in [-0.4, -0.2) is 20.4 Å². The third-order valence-corrected chi connectivity index (χ3v) is 5.23. The molecule has 0 aliphatic rings. The SMILES string of the molecule is O=C(Cn1cnc2sccc2c1=O)Nc1nc(-c2ccc(F)cc2)cs1. The lowest BCUT2D eigenvalue weighted by atomic mass is 10.2. The maximum Gasteiger partial charge on any atom is 0.262 e. The third kappa shape index (κ3) is 3.26. The quantitative estimate of drug-likeness (QED) is 0.583. The topological polar surface area (TPSA) is 76.9 Å². The summed E-state index contributed by atoms with van der Waals surface area (Å²) in [6, 6.07) is 7.65. The molecule has 1 N–H and O–H groups in total. The average Bonchev–Trinajstić information content (AvgIpc) is 3.28. The maximum absolute atomic E-state index is 13.0. The summed E-state index contributed by atoms with van der Waals surface area (Å²) in [6.07, 6.45) is 1.37.